The maximum Gasteiger partial charge on any atom is 0.135 e. The largest absolute Gasteiger partial charge is 0.457 e. The molecule has 0 fully saturated rings. The van der Waals surface area contributed by atoms with Gasteiger partial charge in [0.1, 0.15) is 17.3 Å². The van der Waals surface area contributed by atoms with Crippen LogP contribution in [0.5, 0.6) is 11.5 Å². The number of rotatable bonds is 3. The van der Waals surface area contributed by atoms with Gasteiger partial charge in [-0.15, -0.1) is 0 Å². The van der Waals surface area contributed by atoms with Crippen LogP contribution in [-0.2, 0) is 0 Å². The topological polar surface area (TPSA) is 35.2 Å². The number of nitrogen functional groups attached to an aromatic ring is 1. The smallest absolute Gasteiger partial charge is 0.135 e. The quantitative estimate of drug-likeness (QED) is 0.694. The summed E-state index contributed by atoms with van der Waals surface area (Å²) in [4.78, 5) is 0. The third kappa shape index (κ3) is 3.03. The fraction of sp³-hybridized carbons (Fsp3) is 0. The number of hydrogen-bond acceptors (Lipinski definition) is 2. The van der Waals surface area contributed by atoms with Gasteiger partial charge in [-0.25, -0.2) is 4.39 Å². The van der Waals surface area contributed by atoms with Crippen molar-refractivity contribution < 1.29 is 9.13 Å². The van der Waals surface area contributed by atoms with Crippen LogP contribution in [0.4, 0.5) is 10.1 Å². The number of ether oxygens (including phenoxy) is 1. The molecule has 0 aliphatic rings. The highest BCUT2D eigenvalue weighted by atomic mass is 19.1. The summed E-state index contributed by atoms with van der Waals surface area (Å²) in [6.45, 7) is 0. The van der Waals surface area contributed by atoms with E-state index in [9.17, 15) is 4.39 Å². The van der Waals surface area contributed by atoms with Gasteiger partial charge < -0.3 is 10.5 Å². The molecule has 0 aliphatic heterocycles. The van der Waals surface area contributed by atoms with Crippen molar-refractivity contribution in [2.24, 2.45) is 0 Å². The van der Waals surface area contributed by atoms with Crippen LogP contribution in [-0.4, -0.2) is 0 Å². The van der Waals surface area contributed by atoms with Crippen molar-refractivity contribution in [1.29, 1.82) is 0 Å². The number of hydrogen-bond donors (Lipinski definition) is 1. The average Bonchev–Trinajstić information content (AvgIpc) is 2.48. The van der Waals surface area contributed by atoms with E-state index in [4.69, 9.17) is 10.5 Å². The molecule has 0 heterocycles. The van der Waals surface area contributed by atoms with Gasteiger partial charge in [-0.2, -0.15) is 0 Å². The summed E-state index contributed by atoms with van der Waals surface area (Å²) >= 11 is 0. The molecule has 2 N–H and O–H groups in total. The van der Waals surface area contributed by atoms with E-state index in [0.29, 0.717) is 17.2 Å². The molecule has 0 aromatic heterocycles. The molecule has 104 valence electrons. The normalized spacial score (nSPS) is 10.3. The minimum atomic E-state index is -0.415. The Morgan fingerprint density at radius 2 is 1.52 bits per heavy atom. The Morgan fingerprint density at radius 3 is 2.29 bits per heavy atom. The van der Waals surface area contributed by atoms with Crippen molar-refractivity contribution in [3.63, 3.8) is 0 Å². The van der Waals surface area contributed by atoms with Crippen molar-refractivity contribution >= 4 is 5.69 Å². The van der Waals surface area contributed by atoms with E-state index in [1.807, 2.05) is 54.6 Å². The molecule has 0 unspecified atom stereocenters. The van der Waals surface area contributed by atoms with Gasteiger partial charge in [-0.3, -0.25) is 0 Å². The SMILES string of the molecule is Nc1cc(F)cc(Oc2ccccc2-c2ccccc2)c1. The van der Waals surface area contributed by atoms with Crippen LogP contribution in [0, 0.1) is 5.82 Å². The van der Waals surface area contributed by atoms with E-state index in [0.717, 1.165) is 11.1 Å². The lowest BCUT2D eigenvalue weighted by atomic mass is 10.0. The van der Waals surface area contributed by atoms with E-state index >= 15 is 0 Å². The van der Waals surface area contributed by atoms with E-state index < -0.39 is 5.82 Å². The van der Waals surface area contributed by atoms with Gasteiger partial charge in [0.05, 0.1) is 0 Å². The van der Waals surface area contributed by atoms with Gasteiger partial charge in [-0.05, 0) is 17.7 Å². The fourth-order valence-corrected chi connectivity index (χ4v) is 2.18. The summed E-state index contributed by atoms with van der Waals surface area (Å²) in [5.41, 5.74) is 7.96. The lowest BCUT2D eigenvalue weighted by molar-refractivity contribution is 0.479. The van der Waals surface area contributed by atoms with Crippen molar-refractivity contribution in [2.45, 2.75) is 0 Å². The first kappa shape index (κ1) is 13.2. The molecule has 3 rings (SSSR count). The van der Waals surface area contributed by atoms with Crippen LogP contribution in [0.25, 0.3) is 11.1 Å². The third-order valence-electron chi connectivity index (χ3n) is 3.09. The summed E-state index contributed by atoms with van der Waals surface area (Å²) in [5, 5.41) is 0. The Kier molecular flexibility index (Phi) is 3.56. The van der Waals surface area contributed by atoms with Crippen molar-refractivity contribution in [3.05, 3.63) is 78.6 Å². The highest BCUT2D eigenvalue weighted by Crippen LogP contribution is 2.33. The first-order valence-corrected chi connectivity index (χ1v) is 6.61. The molecule has 0 atom stereocenters. The summed E-state index contributed by atoms with van der Waals surface area (Å²) in [6.07, 6.45) is 0. The molecule has 0 saturated heterocycles. The standard InChI is InChI=1S/C18H14FNO/c19-14-10-15(20)12-16(11-14)21-18-9-5-4-8-17(18)13-6-2-1-3-7-13/h1-12H,20H2. The number of anilines is 1. The van der Waals surface area contributed by atoms with Crippen molar-refractivity contribution in [1.82, 2.24) is 0 Å². The van der Waals surface area contributed by atoms with Gasteiger partial charge in [-0.1, -0.05) is 48.5 Å². The molecule has 2 nitrogen and oxygen atoms in total. The molecule has 0 bridgehead atoms. The molecule has 3 aromatic carbocycles. The Bertz CT molecular complexity index is 736. The number of nitrogens with two attached hydrogens (primary N) is 1. The fourth-order valence-electron chi connectivity index (χ4n) is 2.18. The minimum Gasteiger partial charge on any atom is -0.457 e. The second-order valence-electron chi connectivity index (χ2n) is 4.68. The minimum absolute atomic E-state index is 0.335. The molecule has 0 saturated carbocycles. The Morgan fingerprint density at radius 1 is 0.810 bits per heavy atom. The van der Waals surface area contributed by atoms with Crippen LogP contribution < -0.4 is 10.5 Å². The van der Waals surface area contributed by atoms with Gasteiger partial charge in [0.2, 0.25) is 0 Å². The van der Waals surface area contributed by atoms with E-state index in [-0.39, 0.29) is 0 Å². The first-order valence-electron chi connectivity index (χ1n) is 6.61. The number of halogens is 1. The van der Waals surface area contributed by atoms with Gasteiger partial charge in [0.15, 0.2) is 0 Å². The van der Waals surface area contributed by atoms with Crippen LogP contribution >= 0.6 is 0 Å². The average molecular weight is 279 g/mol. The summed E-state index contributed by atoms with van der Waals surface area (Å²) in [6, 6.07) is 21.7. The number of para-hydroxylation sites is 1. The monoisotopic (exact) mass is 279 g/mol. The maximum absolute atomic E-state index is 13.4. The first-order chi connectivity index (χ1) is 10.2. The summed E-state index contributed by atoms with van der Waals surface area (Å²) in [7, 11) is 0. The van der Waals surface area contributed by atoms with Crippen molar-refractivity contribution in [2.75, 3.05) is 5.73 Å². The highest BCUT2D eigenvalue weighted by Gasteiger charge is 2.07. The van der Waals surface area contributed by atoms with Crippen LogP contribution in [0.15, 0.2) is 72.8 Å². The highest BCUT2D eigenvalue weighted by molar-refractivity contribution is 5.70. The third-order valence-corrected chi connectivity index (χ3v) is 3.09. The Labute approximate surface area is 122 Å². The zero-order valence-electron chi connectivity index (χ0n) is 11.3. The Balaban J connectivity index is 2.00. The zero-order chi connectivity index (χ0) is 14.7. The lowest BCUT2D eigenvalue weighted by Gasteiger charge is -2.12. The predicted molar refractivity (Wildman–Crippen MR) is 82.8 cm³/mol. The predicted octanol–water partition coefficient (Wildman–Crippen LogP) is 4.87. The molecule has 0 radical (unpaired) electrons. The van der Waals surface area contributed by atoms with Crippen LogP contribution in [0.1, 0.15) is 0 Å². The van der Waals surface area contributed by atoms with E-state index in [1.54, 1.807) is 6.07 Å². The molecule has 0 amide bonds. The van der Waals surface area contributed by atoms with Gasteiger partial charge >= 0.3 is 0 Å². The zero-order valence-corrected chi connectivity index (χ0v) is 11.3. The molecular formula is C18H14FNO. The van der Waals surface area contributed by atoms with Gasteiger partial charge in [0.25, 0.3) is 0 Å². The maximum atomic E-state index is 13.4. The molecule has 0 spiro atoms. The lowest BCUT2D eigenvalue weighted by Crippen LogP contribution is -1.92. The van der Waals surface area contributed by atoms with Crippen LogP contribution in [0.3, 0.4) is 0 Å². The van der Waals surface area contributed by atoms with Crippen LogP contribution in [0.2, 0.25) is 0 Å². The summed E-state index contributed by atoms with van der Waals surface area (Å²) in [5.74, 6) is 0.631. The van der Waals surface area contributed by atoms with E-state index in [2.05, 4.69) is 0 Å². The second-order valence-corrected chi connectivity index (χ2v) is 4.68. The number of benzene rings is 3. The second kappa shape index (κ2) is 5.67. The van der Waals surface area contributed by atoms with Gasteiger partial charge in [0, 0.05) is 23.4 Å². The summed E-state index contributed by atoms with van der Waals surface area (Å²) < 4.78 is 19.2. The molecule has 0 aliphatic carbocycles. The molecule has 21 heavy (non-hydrogen) atoms. The molecule has 3 heteroatoms. The Hall–Kier alpha value is -2.81. The molecular weight excluding hydrogens is 265 g/mol. The van der Waals surface area contributed by atoms with E-state index in [1.165, 1.54) is 12.1 Å². The molecule has 3 aromatic rings. The van der Waals surface area contributed by atoms with Crippen molar-refractivity contribution in [3.8, 4) is 22.6 Å².